The predicted octanol–water partition coefficient (Wildman–Crippen LogP) is 2.68. The van der Waals surface area contributed by atoms with Gasteiger partial charge in [-0.3, -0.25) is 0 Å². The van der Waals surface area contributed by atoms with Crippen LogP contribution in [0.15, 0.2) is 30.3 Å². The molecule has 1 aromatic rings. The summed E-state index contributed by atoms with van der Waals surface area (Å²) in [5.41, 5.74) is 7.01. The number of sulfone groups is 1. The summed E-state index contributed by atoms with van der Waals surface area (Å²) in [4.78, 5) is 0. The number of hydrogen-bond acceptors (Lipinski definition) is 3. The summed E-state index contributed by atoms with van der Waals surface area (Å²) in [7, 11) is -3.12. The molecule has 2 atom stereocenters. The molecule has 1 saturated carbocycles. The van der Waals surface area contributed by atoms with Crippen LogP contribution < -0.4 is 5.73 Å². The minimum atomic E-state index is -3.12. The van der Waals surface area contributed by atoms with E-state index in [0.717, 1.165) is 18.4 Å². The summed E-state index contributed by atoms with van der Waals surface area (Å²) >= 11 is 0. The van der Waals surface area contributed by atoms with E-state index >= 15 is 0 Å². The van der Waals surface area contributed by atoms with Gasteiger partial charge in [0.25, 0.3) is 0 Å². The van der Waals surface area contributed by atoms with Crippen LogP contribution in [0, 0.1) is 5.92 Å². The smallest absolute Gasteiger partial charge is 0.155 e. The third kappa shape index (κ3) is 3.57. The predicted molar refractivity (Wildman–Crippen MR) is 78.6 cm³/mol. The fourth-order valence-electron chi connectivity index (χ4n) is 2.83. The van der Waals surface area contributed by atoms with Gasteiger partial charge in [-0.05, 0) is 31.2 Å². The lowest BCUT2D eigenvalue weighted by atomic mass is 10.1. The molecule has 4 heteroatoms. The maximum absolute atomic E-state index is 12.4. The lowest BCUT2D eigenvalue weighted by Crippen LogP contribution is -2.34. The molecule has 1 fully saturated rings. The number of hydrogen-bond donors (Lipinski definition) is 1. The molecule has 106 valence electrons. The molecule has 2 unspecified atom stereocenters. The molecule has 0 spiro atoms. The zero-order chi connectivity index (χ0) is 13.9. The van der Waals surface area contributed by atoms with Gasteiger partial charge in [-0.1, -0.05) is 43.2 Å². The minimum Gasteiger partial charge on any atom is -0.323 e. The maximum atomic E-state index is 12.4. The van der Waals surface area contributed by atoms with E-state index in [0.29, 0.717) is 11.7 Å². The van der Waals surface area contributed by atoms with Crippen molar-refractivity contribution in [2.45, 2.75) is 43.9 Å². The lowest BCUT2D eigenvalue weighted by molar-refractivity contribution is 0.536. The first-order chi connectivity index (χ1) is 9.00. The van der Waals surface area contributed by atoms with Crippen LogP contribution in [0.25, 0.3) is 0 Å². The monoisotopic (exact) mass is 281 g/mol. The third-order valence-corrected chi connectivity index (χ3v) is 6.56. The SMILES string of the molecule is CC(C(N)c1ccccc1)S(=O)(=O)CC1CCCC1. The molecular formula is C15H23NO2S. The molecule has 0 aliphatic heterocycles. The highest BCUT2D eigenvalue weighted by molar-refractivity contribution is 7.92. The molecule has 1 aromatic carbocycles. The summed E-state index contributed by atoms with van der Waals surface area (Å²) < 4.78 is 24.8. The van der Waals surface area contributed by atoms with Gasteiger partial charge in [0, 0.05) is 6.04 Å². The maximum Gasteiger partial charge on any atom is 0.155 e. The minimum absolute atomic E-state index is 0.300. The molecule has 1 aliphatic rings. The van der Waals surface area contributed by atoms with Crippen LogP contribution in [0.5, 0.6) is 0 Å². The van der Waals surface area contributed by atoms with Crippen molar-refractivity contribution >= 4 is 9.84 Å². The fourth-order valence-corrected chi connectivity index (χ4v) is 4.72. The van der Waals surface area contributed by atoms with E-state index in [2.05, 4.69) is 0 Å². The lowest BCUT2D eigenvalue weighted by Gasteiger charge is -2.22. The molecule has 1 aliphatic carbocycles. The second-order valence-corrected chi connectivity index (χ2v) is 8.02. The highest BCUT2D eigenvalue weighted by Crippen LogP contribution is 2.29. The average Bonchev–Trinajstić information content (AvgIpc) is 2.90. The van der Waals surface area contributed by atoms with E-state index < -0.39 is 21.1 Å². The van der Waals surface area contributed by atoms with Gasteiger partial charge < -0.3 is 5.73 Å². The van der Waals surface area contributed by atoms with Gasteiger partial charge in [-0.25, -0.2) is 8.42 Å². The van der Waals surface area contributed by atoms with E-state index in [-0.39, 0.29) is 0 Å². The number of nitrogens with two attached hydrogens (primary N) is 1. The van der Waals surface area contributed by atoms with Crippen LogP contribution in [0.4, 0.5) is 0 Å². The Morgan fingerprint density at radius 2 is 1.79 bits per heavy atom. The van der Waals surface area contributed by atoms with Crippen LogP contribution in [0.3, 0.4) is 0 Å². The summed E-state index contributed by atoms with van der Waals surface area (Å²) in [6.07, 6.45) is 4.43. The Kier molecular flexibility index (Phi) is 4.63. The molecule has 0 bridgehead atoms. The van der Waals surface area contributed by atoms with E-state index in [4.69, 9.17) is 5.73 Å². The normalized spacial score (nSPS) is 20.3. The Balaban J connectivity index is 2.07. The van der Waals surface area contributed by atoms with Crippen molar-refractivity contribution in [1.29, 1.82) is 0 Å². The van der Waals surface area contributed by atoms with Crippen LogP contribution in [0.2, 0.25) is 0 Å². The number of rotatable bonds is 5. The van der Waals surface area contributed by atoms with Gasteiger partial charge in [-0.2, -0.15) is 0 Å². The molecule has 19 heavy (non-hydrogen) atoms. The molecule has 0 heterocycles. The molecule has 0 amide bonds. The van der Waals surface area contributed by atoms with Gasteiger partial charge in [-0.15, -0.1) is 0 Å². The molecule has 3 nitrogen and oxygen atoms in total. The Hall–Kier alpha value is -0.870. The highest BCUT2D eigenvalue weighted by Gasteiger charge is 2.31. The van der Waals surface area contributed by atoms with E-state index in [1.165, 1.54) is 12.8 Å². The van der Waals surface area contributed by atoms with Crippen LogP contribution >= 0.6 is 0 Å². The van der Waals surface area contributed by atoms with Crippen LogP contribution in [-0.4, -0.2) is 19.4 Å². The Labute approximate surface area is 116 Å². The van der Waals surface area contributed by atoms with Gasteiger partial charge in [0.1, 0.15) is 0 Å². The summed E-state index contributed by atoms with van der Waals surface area (Å²) in [6.45, 7) is 1.74. The van der Waals surface area contributed by atoms with Gasteiger partial charge >= 0.3 is 0 Å². The van der Waals surface area contributed by atoms with Crippen molar-refractivity contribution in [3.05, 3.63) is 35.9 Å². The zero-order valence-corrected chi connectivity index (χ0v) is 12.3. The van der Waals surface area contributed by atoms with E-state index in [1.807, 2.05) is 30.3 Å². The second-order valence-electron chi connectivity index (χ2n) is 5.62. The summed E-state index contributed by atoms with van der Waals surface area (Å²) in [6, 6.07) is 9.05. The summed E-state index contributed by atoms with van der Waals surface area (Å²) in [5.74, 6) is 0.643. The Morgan fingerprint density at radius 3 is 2.37 bits per heavy atom. The van der Waals surface area contributed by atoms with Gasteiger partial charge in [0.2, 0.25) is 0 Å². The first-order valence-corrected chi connectivity index (χ1v) is 8.74. The topological polar surface area (TPSA) is 60.2 Å². The fraction of sp³-hybridized carbons (Fsp3) is 0.600. The van der Waals surface area contributed by atoms with Crippen LogP contribution in [-0.2, 0) is 9.84 Å². The third-order valence-electron chi connectivity index (χ3n) is 4.20. The zero-order valence-electron chi connectivity index (χ0n) is 11.5. The van der Waals surface area contributed by atoms with Crippen molar-refractivity contribution in [2.24, 2.45) is 11.7 Å². The van der Waals surface area contributed by atoms with Crippen molar-refractivity contribution in [1.82, 2.24) is 0 Å². The van der Waals surface area contributed by atoms with Crippen LogP contribution in [0.1, 0.15) is 44.2 Å². The average molecular weight is 281 g/mol. The van der Waals surface area contributed by atoms with E-state index in [1.54, 1.807) is 6.92 Å². The Morgan fingerprint density at radius 1 is 1.21 bits per heavy atom. The summed E-state index contributed by atoms with van der Waals surface area (Å²) in [5, 5.41) is -0.518. The van der Waals surface area contributed by atoms with Crippen molar-refractivity contribution < 1.29 is 8.42 Å². The Bertz CT molecular complexity index is 492. The first-order valence-electron chi connectivity index (χ1n) is 7.03. The van der Waals surface area contributed by atoms with Crippen molar-refractivity contribution in [2.75, 3.05) is 5.75 Å². The first kappa shape index (κ1) is 14.5. The van der Waals surface area contributed by atoms with E-state index in [9.17, 15) is 8.42 Å². The highest BCUT2D eigenvalue weighted by atomic mass is 32.2. The molecule has 0 saturated heterocycles. The van der Waals surface area contributed by atoms with Crippen molar-refractivity contribution in [3.63, 3.8) is 0 Å². The second kappa shape index (κ2) is 6.06. The van der Waals surface area contributed by atoms with Crippen molar-refractivity contribution in [3.8, 4) is 0 Å². The molecule has 0 radical (unpaired) electrons. The number of benzene rings is 1. The standard InChI is InChI=1S/C15H23NO2S/c1-12(15(16)14-9-3-2-4-10-14)19(17,18)11-13-7-5-6-8-13/h2-4,9-10,12-13,15H,5-8,11,16H2,1H3. The molecule has 0 aromatic heterocycles. The molecule has 2 N–H and O–H groups in total. The van der Waals surface area contributed by atoms with Gasteiger partial charge in [0.15, 0.2) is 9.84 Å². The molecule has 2 rings (SSSR count). The van der Waals surface area contributed by atoms with Gasteiger partial charge in [0.05, 0.1) is 11.0 Å². The quantitative estimate of drug-likeness (QED) is 0.902. The largest absolute Gasteiger partial charge is 0.323 e. The molecular weight excluding hydrogens is 258 g/mol.